The second-order valence-corrected chi connectivity index (χ2v) is 5.24. The maximum absolute atomic E-state index is 12.1. The molecule has 0 aromatic carbocycles. The normalized spacial score (nSPS) is 23.7. The molecule has 2 amide bonds. The zero-order valence-electron chi connectivity index (χ0n) is 12.4. The molecular weight excluding hydrogens is 272 g/mol. The van der Waals surface area contributed by atoms with Crippen molar-refractivity contribution in [3.63, 3.8) is 0 Å². The summed E-state index contributed by atoms with van der Waals surface area (Å²) in [5.41, 5.74) is 0. The van der Waals surface area contributed by atoms with Crippen LogP contribution in [0.5, 0.6) is 0 Å². The monoisotopic (exact) mass is 296 g/mol. The van der Waals surface area contributed by atoms with Gasteiger partial charge < -0.3 is 24.4 Å². The molecule has 2 aliphatic rings. The molecule has 0 aromatic heterocycles. The predicted molar refractivity (Wildman–Crippen MR) is 79.0 cm³/mol. The molecule has 1 spiro atoms. The van der Waals surface area contributed by atoms with Crippen molar-refractivity contribution in [2.45, 2.75) is 24.7 Å². The minimum absolute atomic E-state index is 0.110. The zero-order valence-corrected chi connectivity index (χ0v) is 12.4. The summed E-state index contributed by atoms with van der Waals surface area (Å²) in [5.74, 6) is -0.504. The molecule has 21 heavy (non-hydrogen) atoms. The topological polar surface area (TPSA) is 60.0 Å². The fraction of sp³-hybridized carbons (Fsp3) is 0.667. The van der Waals surface area contributed by atoms with Crippen molar-refractivity contribution < 1.29 is 19.0 Å². The molecule has 1 N–H and O–H groups in total. The molecule has 0 aliphatic carbocycles. The molecule has 0 radical (unpaired) electrons. The van der Waals surface area contributed by atoms with E-state index in [1.54, 1.807) is 17.1 Å². The molecule has 6 heteroatoms. The van der Waals surface area contributed by atoms with Gasteiger partial charge in [-0.3, -0.25) is 0 Å². The summed E-state index contributed by atoms with van der Waals surface area (Å²) in [7, 11) is 0. The number of carbonyl (C=O) groups excluding carboxylic acids is 1. The molecule has 2 heterocycles. The number of nitrogens with zero attached hydrogens (tertiary/aromatic N) is 1. The lowest BCUT2D eigenvalue weighted by molar-refractivity contribution is -0.210. The Balaban J connectivity index is 1.76. The molecule has 1 atom stereocenters. The Labute approximate surface area is 125 Å². The van der Waals surface area contributed by atoms with E-state index in [-0.39, 0.29) is 12.1 Å². The molecule has 118 valence electrons. The summed E-state index contributed by atoms with van der Waals surface area (Å²) >= 11 is 0. The van der Waals surface area contributed by atoms with Crippen LogP contribution in [0, 0.1) is 0 Å². The highest BCUT2D eigenvalue weighted by Gasteiger charge is 2.42. The highest BCUT2D eigenvalue weighted by molar-refractivity contribution is 5.74. The zero-order chi connectivity index (χ0) is 15.1. The van der Waals surface area contributed by atoms with Gasteiger partial charge in [0, 0.05) is 32.5 Å². The van der Waals surface area contributed by atoms with Gasteiger partial charge in [0.2, 0.25) is 0 Å². The SMILES string of the molecule is C=CCN(CC=C)C(=O)NC[C@H]1COC2(CCOCC2)O1. The van der Waals surface area contributed by atoms with Gasteiger partial charge >= 0.3 is 6.03 Å². The van der Waals surface area contributed by atoms with Gasteiger partial charge in [0.15, 0.2) is 5.79 Å². The highest BCUT2D eigenvalue weighted by Crippen LogP contribution is 2.32. The first-order valence-electron chi connectivity index (χ1n) is 7.33. The fourth-order valence-electron chi connectivity index (χ4n) is 2.53. The smallest absolute Gasteiger partial charge is 0.318 e. The number of hydrogen-bond acceptors (Lipinski definition) is 4. The number of amides is 2. The van der Waals surface area contributed by atoms with Crippen molar-refractivity contribution in [1.82, 2.24) is 10.2 Å². The second kappa shape index (κ2) is 7.59. The average molecular weight is 296 g/mol. The van der Waals surface area contributed by atoms with Gasteiger partial charge in [-0.25, -0.2) is 4.79 Å². The van der Waals surface area contributed by atoms with E-state index in [9.17, 15) is 4.79 Å². The van der Waals surface area contributed by atoms with E-state index in [1.165, 1.54) is 0 Å². The molecule has 2 rings (SSSR count). The Hall–Kier alpha value is -1.37. The molecule has 2 aliphatic heterocycles. The maximum atomic E-state index is 12.1. The fourth-order valence-corrected chi connectivity index (χ4v) is 2.53. The quantitative estimate of drug-likeness (QED) is 0.750. The number of hydrogen-bond donors (Lipinski definition) is 1. The molecule has 6 nitrogen and oxygen atoms in total. The number of ether oxygens (including phenoxy) is 3. The van der Waals surface area contributed by atoms with E-state index in [2.05, 4.69) is 18.5 Å². The van der Waals surface area contributed by atoms with Gasteiger partial charge in [-0.05, 0) is 0 Å². The van der Waals surface area contributed by atoms with Gasteiger partial charge in [-0.2, -0.15) is 0 Å². The third-order valence-electron chi connectivity index (χ3n) is 3.64. The number of carbonyl (C=O) groups is 1. The Bertz CT molecular complexity index is 370. The van der Waals surface area contributed by atoms with E-state index < -0.39 is 5.79 Å². The number of nitrogens with one attached hydrogen (secondary N) is 1. The molecule has 0 bridgehead atoms. The molecule has 2 fully saturated rings. The maximum Gasteiger partial charge on any atom is 0.318 e. The first kappa shape index (κ1) is 16.0. The standard InChI is InChI=1S/C15H24N2O4/c1-3-7-17(8-4-2)14(18)16-11-13-12-20-15(21-13)5-9-19-10-6-15/h3-4,13H,1-2,5-12H2,(H,16,18)/t13-/m0/s1. The van der Waals surface area contributed by atoms with Crippen LogP contribution in [0.1, 0.15) is 12.8 Å². The molecule has 0 aromatic rings. The van der Waals surface area contributed by atoms with Crippen LogP contribution in [0.15, 0.2) is 25.3 Å². The first-order valence-corrected chi connectivity index (χ1v) is 7.33. The van der Waals surface area contributed by atoms with Crippen LogP contribution >= 0.6 is 0 Å². The van der Waals surface area contributed by atoms with Crippen LogP contribution in [0.4, 0.5) is 4.79 Å². The molecule has 0 saturated carbocycles. The van der Waals surface area contributed by atoms with Crippen LogP contribution in [-0.4, -0.2) is 62.3 Å². The molecule has 2 saturated heterocycles. The van der Waals surface area contributed by atoms with Crippen molar-refractivity contribution in [3.8, 4) is 0 Å². The van der Waals surface area contributed by atoms with Crippen LogP contribution in [0.2, 0.25) is 0 Å². The first-order chi connectivity index (χ1) is 10.2. The van der Waals surface area contributed by atoms with Crippen molar-refractivity contribution in [2.75, 3.05) is 39.5 Å². The molecule has 0 unspecified atom stereocenters. The van der Waals surface area contributed by atoms with E-state index in [0.717, 1.165) is 12.8 Å². The Morgan fingerprint density at radius 1 is 1.29 bits per heavy atom. The van der Waals surface area contributed by atoms with Crippen LogP contribution in [0.25, 0.3) is 0 Å². The number of rotatable bonds is 6. The van der Waals surface area contributed by atoms with Crippen LogP contribution in [-0.2, 0) is 14.2 Å². The lowest BCUT2D eigenvalue weighted by Crippen LogP contribution is -2.44. The minimum atomic E-state index is -0.504. The minimum Gasteiger partial charge on any atom is -0.381 e. The van der Waals surface area contributed by atoms with E-state index in [0.29, 0.717) is 39.5 Å². The van der Waals surface area contributed by atoms with E-state index in [1.807, 2.05) is 0 Å². The van der Waals surface area contributed by atoms with Gasteiger partial charge in [0.1, 0.15) is 6.10 Å². The molecular formula is C15H24N2O4. The van der Waals surface area contributed by atoms with Crippen molar-refractivity contribution in [3.05, 3.63) is 25.3 Å². The lowest BCUT2D eigenvalue weighted by atomic mass is 10.1. The largest absolute Gasteiger partial charge is 0.381 e. The summed E-state index contributed by atoms with van der Waals surface area (Å²) < 4.78 is 17.1. The summed E-state index contributed by atoms with van der Waals surface area (Å²) in [5, 5.41) is 2.87. The third-order valence-corrected chi connectivity index (χ3v) is 3.64. The van der Waals surface area contributed by atoms with Crippen molar-refractivity contribution in [2.24, 2.45) is 0 Å². The van der Waals surface area contributed by atoms with Gasteiger partial charge in [0.05, 0.1) is 19.8 Å². The number of urea groups is 1. The van der Waals surface area contributed by atoms with Crippen LogP contribution < -0.4 is 5.32 Å². The second-order valence-electron chi connectivity index (χ2n) is 5.24. The summed E-state index contributed by atoms with van der Waals surface area (Å²) in [4.78, 5) is 13.7. The van der Waals surface area contributed by atoms with E-state index in [4.69, 9.17) is 14.2 Å². The highest BCUT2D eigenvalue weighted by atomic mass is 16.7. The van der Waals surface area contributed by atoms with Gasteiger partial charge in [-0.15, -0.1) is 13.2 Å². The van der Waals surface area contributed by atoms with Gasteiger partial charge in [-0.1, -0.05) is 12.2 Å². The van der Waals surface area contributed by atoms with Crippen LogP contribution in [0.3, 0.4) is 0 Å². The average Bonchev–Trinajstić information content (AvgIpc) is 2.88. The lowest BCUT2D eigenvalue weighted by Gasteiger charge is -2.31. The summed E-state index contributed by atoms with van der Waals surface area (Å²) in [6.07, 6.45) is 4.76. The summed E-state index contributed by atoms with van der Waals surface area (Å²) in [6.45, 7) is 10.5. The third kappa shape index (κ3) is 4.30. The predicted octanol–water partition coefficient (Wildman–Crippen LogP) is 1.29. The Morgan fingerprint density at radius 2 is 1.95 bits per heavy atom. The van der Waals surface area contributed by atoms with Gasteiger partial charge in [0.25, 0.3) is 0 Å². The van der Waals surface area contributed by atoms with E-state index >= 15 is 0 Å². The Morgan fingerprint density at radius 3 is 2.57 bits per heavy atom. The van der Waals surface area contributed by atoms with Crippen molar-refractivity contribution >= 4 is 6.03 Å². The summed E-state index contributed by atoms with van der Waals surface area (Å²) in [6, 6.07) is -0.147. The van der Waals surface area contributed by atoms with Crippen molar-refractivity contribution in [1.29, 1.82) is 0 Å². The Kier molecular flexibility index (Phi) is 5.78.